The standard InChI is InChI=1S/C19H19N5O2/c25-18(13-24-17-8-2-1-5-14(17)12-21-24)22-15-6-3-7-16(11-15)23-10-4-9-20-19(23)26/h1-3,5-8,11-12H,4,9-10,13H2,(H,20,26)(H,22,25). The smallest absolute Gasteiger partial charge is 0.321 e. The first-order valence-electron chi connectivity index (χ1n) is 8.56. The van der Waals surface area contributed by atoms with Crippen molar-refractivity contribution < 1.29 is 9.59 Å². The molecule has 0 aliphatic carbocycles. The van der Waals surface area contributed by atoms with E-state index < -0.39 is 0 Å². The molecule has 3 aromatic rings. The second-order valence-corrected chi connectivity index (χ2v) is 6.20. The van der Waals surface area contributed by atoms with Gasteiger partial charge in [-0.15, -0.1) is 0 Å². The van der Waals surface area contributed by atoms with E-state index in [-0.39, 0.29) is 18.5 Å². The number of aromatic nitrogens is 2. The average Bonchev–Trinajstić information content (AvgIpc) is 3.05. The number of rotatable bonds is 4. The summed E-state index contributed by atoms with van der Waals surface area (Å²) in [5, 5.41) is 11.0. The zero-order chi connectivity index (χ0) is 17.9. The van der Waals surface area contributed by atoms with Gasteiger partial charge in [0.25, 0.3) is 0 Å². The van der Waals surface area contributed by atoms with Gasteiger partial charge in [-0.05, 0) is 30.7 Å². The number of anilines is 2. The van der Waals surface area contributed by atoms with Crippen molar-refractivity contribution in [2.24, 2.45) is 0 Å². The molecule has 0 atom stereocenters. The number of para-hydroxylation sites is 1. The van der Waals surface area contributed by atoms with E-state index in [0.717, 1.165) is 23.0 Å². The van der Waals surface area contributed by atoms with Gasteiger partial charge in [-0.1, -0.05) is 24.3 Å². The number of hydrogen-bond donors (Lipinski definition) is 2. The van der Waals surface area contributed by atoms with Crippen LogP contribution in [-0.4, -0.2) is 34.8 Å². The first-order valence-corrected chi connectivity index (χ1v) is 8.56. The molecular formula is C19H19N5O2. The molecule has 7 nitrogen and oxygen atoms in total. The fraction of sp³-hybridized carbons (Fsp3) is 0.211. The summed E-state index contributed by atoms with van der Waals surface area (Å²) in [4.78, 5) is 26.1. The second kappa shape index (κ2) is 6.87. The van der Waals surface area contributed by atoms with Gasteiger partial charge in [0, 0.05) is 29.9 Å². The van der Waals surface area contributed by atoms with Gasteiger partial charge < -0.3 is 10.6 Å². The average molecular weight is 349 g/mol. The van der Waals surface area contributed by atoms with Crippen LogP contribution >= 0.6 is 0 Å². The highest BCUT2D eigenvalue weighted by molar-refractivity contribution is 5.95. The quantitative estimate of drug-likeness (QED) is 0.760. The topological polar surface area (TPSA) is 79.3 Å². The molecule has 0 radical (unpaired) electrons. The zero-order valence-electron chi connectivity index (χ0n) is 14.2. The van der Waals surface area contributed by atoms with E-state index >= 15 is 0 Å². The highest BCUT2D eigenvalue weighted by Gasteiger charge is 2.19. The van der Waals surface area contributed by atoms with E-state index in [1.54, 1.807) is 15.8 Å². The number of benzene rings is 2. The number of carbonyl (C=O) groups excluding carboxylic acids is 2. The molecule has 2 aromatic carbocycles. The molecule has 1 fully saturated rings. The molecule has 1 aliphatic rings. The maximum atomic E-state index is 12.4. The molecule has 1 aliphatic heterocycles. The third-order valence-corrected chi connectivity index (χ3v) is 4.37. The van der Waals surface area contributed by atoms with Crippen LogP contribution in [-0.2, 0) is 11.3 Å². The van der Waals surface area contributed by atoms with Gasteiger partial charge in [0.15, 0.2) is 0 Å². The number of hydrogen-bond acceptors (Lipinski definition) is 3. The molecule has 26 heavy (non-hydrogen) atoms. The molecule has 0 bridgehead atoms. The Bertz CT molecular complexity index is 965. The van der Waals surface area contributed by atoms with Gasteiger partial charge in [0.2, 0.25) is 5.91 Å². The van der Waals surface area contributed by atoms with E-state index in [4.69, 9.17) is 0 Å². The number of carbonyl (C=O) groups is 2. The van der Waals surface area contributed by atoms with E-state index in [1.165, 1.54) is 0 Å². The van der Waals surface area contributed by atoms with Crippen LogP contribution in [0, 0.1) is 0 Å². The summed E-state index contributed by atoms with van der Waals surface area (Å²) in [6, 6.07) is 15.0. The summed E-state index contributed by atoms with van der Waals surface area (Å²) < 4.78 is 1.67. The fourth-order valence-corrected chi connectivity index (χ4v) is 3.12. The third kappa shape index (κ3) is 3.23. The Balaban J connectivity index is 1.47. The monoisotopic (exact) mass is 349 g/mol. The summed E-state index contributed by atoms with van der Waals surface area (Å²) in [6.07, 6.45) is 2.65. The summed E-state index contributed by atoms with van der Waals surface area (Å²) in [7, 11) is 0. The minimum atomic E-state index is -0.168. The Hall–Kier alpha value is -3.35. The van der Waals surface area contributed by atoms with E-state index in [1.807, 2.05) is 48.5 Å². The lowest BCUT2D eigenvalue weighted by atomic mass is 10.2. The Morgan fingerprint density at radius 3 is 2.96 bits per heavy atom. The molecule has 2 N–H and O–H groups in total. The lowest BCUT2D eigenvalue weighted by molar-refractivity contribution is -0.116. The van der Waals surface area contributed by atoms with E-state index in [9.17, 15) is 9.59 Å². The molecule has 2 heterocycles. The van der Waals surface area contributed by atoms with Crippen molar-refractivity contribution in [3.8, 4) is 0 Å². The maximum absolute atomic E-state index is 12.4. The Labute approximate surface area is 150 Å². The van der Waals surface area contributed by atoms with E-state index in [0.29, 0.717) is 18.8 Å². The van der Waals surface area contributed by atoms with Gasteiger partial charge >= 0.3 is 6.03 Å². The predicted octanol–water partition coefficient (Wildman–Crippen LogP) is 2.59. The highest BCUT2D eigenvalue weighted by Crippen LogP contribution is 2.21. The second-order valence-electron chi connectivity index (χ2n) is 6.20. The third-order valence-electron chi connectivity index (χ3n) is 4.37. The molecule has 1 aromatic heterocycles. The molecule has 0 saturated carbocycles. The van der Waals surface area contributed by atoms with Crippen molar-refractivity contribution in [2.75, 3.05) is 23.3 Å². The molecule has 3 amide bonds. The molecule has 4 rings (SSSR count). The van der Waals surface area contributed by atoms with Crippen LogP contribution in [0.5, 0.6) is 0 Å². The lowest BCUT2D eigenvalue weighted by Crippen LogP contribution is -2.46. The molecule has 0 spiro atoms. The van der Waals surface area contributed by atoms with Crippen molar-refractivity contribution in [2.45, 2.75) is 13.0 Å². The molecule has 132 valence electrons. The van der Waals surface area contributed by atoms with Crippen molar-refractivity contribution in [3.63, 3.8) is 0 Å². The summed E-state index contributed by atoms with van der Waals surface area (Å²) in [5.74, 6) is -0.168. The predicted molar refractivity (Wildman–Crippen MR) is 100 cm³/mol. The number of amides is 3. The first kappa shape index (κ1) is 16.1. The van der Waals surface area contributed by atoms with Crippen molar-refractivity contribution in [3.05, 3.63) is 54.7 Å². The van der Waals surface area contributed by atoms with Crippen molar-refractivity contribution >= 4 is 34.2 Å². The molecule has 1 saturated heterocycles. The SMILES string of the molecule is O=C(Cn1ncc2ccccc21)Nc1cccc(N2CCCNC2=O)c1. The number of nitrogens with one attached hydrogen (secondary N) is 2. The first-order chi connectivity index (χ1) is 12.7. The molecule has 0 unspecified atom stereocenters. The number of urea groups is 1. The minimum absolute atomic E-state index is 0.109. The normalized spacial score (nSPS) is 14.3. The minimum Gasteiger partial charge on any atom is -0.338 e. The Morgan fingerprint density at radius 1 is 1.19 bits per heavy atom. The summed E-state index contributed by atoms with van der Waals surface area (Å²) in [6.45, 7) is 1.49. The maximum Gasteiger partial charge on any atom is 0.321 e. The Kier molecular flexibility index (Phi) is 4.27. The van der Waals surface area contributed by atoms with Crippen molar-refractivity contribution in [1.82, 2.24) is 15.1 Å². The summed E-state index contributed by atoms with van der Waals surface area (Å²) in [5.41, 5.74) is 2.34. The van der Waals surface area contributed by atoms with Crippen LogP contribution in [0.2, 0.25) is 0 Å². The number of fused-ring (bicyclic) bond motifs is 1. The number of nitrogens with zero attached hydrogens (tertiary/aromatic N) is 3. The molecule has 7 heteroatoms. The zero-order valence-corrected chi connectivity index (χ0v) is 14.2. The van der Waals surface area contributed by atoms with Crippen LogP contribution < -0.4 is 15.5 Å². The van der Waals surface area contributed by atoms with E-state index in [2.05, 4.69) is 15.7 Å². The molecular weight excluding hydrogens is 330 g/mol. The fourth-order valence-electron chi connectivity index (χ4n) is 3.12. The van der Waals surface area contributed by atoms with Crippen LogP contribution in [0.1, 0.15) is 6.42 Å². The lowest BCUT2D eigenvalue weighted by Gasteiger charge is -2.27. The largest absolute Gasteiger partial charge is 0.338 e. The van der Waals surface area contributed by atoms with Gasteiger partial charge in [0.1, 0.15) is 6.54 Å². The van der Waals surface area contributed by atoms with Crippen LogP contribution in [0.3, 0.4) is 0 Å². The highest BCUT2D eigenvalue weighted by atomic mass is 16.2. The van der Waals surface area contributed by atoms with Gasteiger partial charge in [-0.2, -0.15) is 5.10 Å². The van der Waals surface area contributed by atoms with Crippen molar-refractivity contribution in [1.29, 1.82) is 0 Å². The van der Waals surface area contributed by atoms with Gasteiger partial charge in [-0.3, -0.25) is 14.4 Å². The summed E-state index contributed by atoms with van der Waals surface area (Å²) >= 11 is 0. The van der Waals surface area contributed by atoms with Crippen LogP contribution in [0.4, 0.5) is 16.2 Å². The van der Waals surface area contributed by atoms with Crippen LogP contribution in [0.15, 0.2) is 54.7 Å². The van der Waals surface area contributed by atoms with Gasteiger partial charge in [-0.25, -0.2) is 4.79 Å². The Morgan fingerprint density at radius 2 is 2.08 bits per heavy atom. The van der Waals surface area contributed by atoms with Crippen LogP contribution in [0.25, 0.3) is 10.9 Å². The van der Waals surface area contributed by atoms with Gasteiger partial charge in [0.05, 0.1) is 11.7 Å².